The Bertz CT molecular complexity index is 1140. The number of hydrogen-bond donors (Lipinski definition) is 1. The SMILES string of the molecule is COc1ccc(-c2cc(NC(C)=O)n(-c3nc(-c4ccc(C)cc4)cs3)n2)cc1. The fraction of sp³-hybridized carbons (Fsp3) is 0.136. The zero-order chi connectivity index (χ0) is 20.4. The summed E-state index contributed by atoms with van der Waals surface area (Å²) < 4.78 is 6.89. The first-order valence-corrected chi connectivity index (χ1v) is 9.96. The average Bonchev–Trinajstić information content (AvgIpc) is 3.35. The van der Waals surface area contributed by atoms with Gasteiger partial charge in [-0.3, -0.25) is 4.79 Å². The van der Waals surface area contributed by atoms with Crippen molar-refractivity contribution in [1.82, 2.24) is 14.8 Å². The standard InChI is InChI=1S/C22H20N4O2S/c1-14-4-6-17(7-5-14)20-13-29-22(24-20)26-21(23-15(2)27)12-19(25-26)16-8-10-18(28-3)11-9-16/h4-13H,1-3H3,(H,23,27). The van der Waals surface area contributed by atoms with Crippen molar-refractivity contribution in [2.75, 3.05) is 12.4 Å². The Morgan fingerprint density at radius 1 is 1.03 bits per heavy atom. The number of rotatable bonds is 5. The van der Waals surface area contributed by atoms with Crippen molar-refractivity contribution in [3.05, 3.63) is 65.5 Å². The first-order valence-electron chi connectivity index (χ1n) is 9.08. The van der Waals surface area contributed by atoms with E-state index in [0.717, 1.165) is 28.3 Å². The van der Waals surface area contributed by atoms with Crippen molar-refractivity contribution in [2.24, 2.45) is 0 Å². The second kappa shape index (κ2) is 7.89. The Kier molecular flexibility index (Phi) is 5.14. The quantitative estimate of drug-likeness (QED) is 0.512. The Morgan fingerprint density at radius 3 is 2.34 bits per heavy atom. The van der Waals surface area contributed by atoms with Crippen LogP contribution in [0.4, 0.5) is 5.82 Å². The number of amides is 1. The molecule has 0 spiro atoms. The summed E-state index contributed by atoms with van der Waals surface area (Å²) in [7, 11) is 1.63. The lowest BCUT2D eigenvalue weighted by atomic mass is 10.1. The van der Waals surface area contributed by atoms with Crippen molar-refractivity contribution >= 4 is 23.1 Å². The molecule has 0 radical (unpaired) electrons. The lowest BCUT2D eigenvalue weighted by molar-refractivity contribution is -0.114. The molecule has 146 valence electrons. The molecular weight excluding hydrogens is 384 g/mol. The lowest BCUT2D eigenvalue weighted by Gasteiger charge is -2.03. The van der Waals surface area contributed by atoms with Gasteiger partial charge in [-0.25, -0.2) is 4.98 Å². The van der Waals surface area contributed by atoms with E-state index in [1.807, 2.05) is 35.7 Å². The zero-order valence-corrected chi connectivity index (χ0v) is 17.2. The summed E-state index contributed by atoms with van der Waals surface area (Å²) in [5, 5.41) is 10.2. The molecule has 0 aliphatic heterocycles. The number of methoxy groups -OCH3 is 1. The molecule has 0 unspecified atom stereocenters. The molecule has 0 aliphatic rings. The van der Waals surface area contributed by atoms with Crippen molar-refractivity contribution in [3.63, 3.8) is 0 Å². The molecule has 6 nitrogen and oxygen atoms in total. The van der Waals surface area contributed by atoms with E-state index in [1.54, 1.807) is 11.8 Å². The number of nitrogens with one attached hydrogen (secondary N) is 1. The van der Waals surface area contributed by atoms with Crippen LogP contribution in [0.3, 0.4) is 0 Å². The molecule has 2 aromatic heterocycles. The van der Waals surface area contributed by atoms with Crippen LogP contribution in [0.25, 0.3) is 27.6 Å². The van der Waals surface area contributed by atoms with Gasteiger partial charge in [0.1, 0.15) is 11.6 Å². The van der Waals surface area contributed by atoms with Gasteiger partial charge in [0, 0.05) is 29.5 Å². The van der Waals surface area contributed by atoms with Gasteiger partial charge >= 0.3 is 0 Å². The molecule has 1 amide bonds. The summed E-state index contributed by atoms with van der Waals surface area (Å²) in [5.41, 5.74) is 4.78. The highest BCUT2D eigenvalue weighted by Gasteiger charge is 2.16. The number of aromatic nitrogens is 3. The maximum absolute atomic E-state index is 11.7. The Balaban J connectivity index is 1.73. The van der Waals surface area contributed by atoms with Crippen LogP contribution in [-0.4, -0.2) is 27.8 Å². The van der Waals surface area contributed by atoms with Gasteiger partial charge in [-0.05, 0) is 31.2 Å². The van der Waals surface area contributed by atoms with E-state index in [9.17, 15) is 4.79 Å². The third-order valence-corrected chi connectivity index (χ3v) is 5.24. The lowest BCUT2D eigenvalue weighted by Crippen LogP contribution is -2.10. The fourth-order valence-electron chi connectivity index (χ4n) is 2.92. The van der Waals surface area contributed by atoms with Gasteiger partial charge in [-0.1, -0.05) is 29.8 Å². The molecule has 0 fully saturated rings. The number of anilines is 1. The molecule has 1 N–H and O–H groups in total. The highest BCUT2D eigenvalue weighted by molar-refractivity contribution is 7.12. The summed E-state index contributed by atoms with van der Waals surface area (Å²) in [4.78, 5) is 16.4. The van der Waals surface area contributed by atoms with E-state index in [0.29, 0.717) is 10.9 Å². The minimum Gasteiger partial charge on any atom is -0.497 e. The normalized spacial score (nSPS) is 10.7. The molecule has 0 saturated carbocycles. The molecule has 2 aromatic carbocycles. The molecule has 0 atom stereocenters. The smallest absolute Gasteiger partial charge is 0.222 e. The van der Waals surface area contributed by atoms with Crippen molar-refractivity contribution in [2.45, 2.75) is 13.8 Å². The van der Waals surface area contributed by atoms with Gasteiger partial charge in [0.25, 0.3) is 0 Å². The average molecular weight is 404 g/mol. The van der Waals surface area contributed by atoms with E-state index in [2.05, 4.69) is 41.6 Å². The number of hydrogen-bond acceptors (Lipinski definition) is 5. The van der Waals surface area contributed by atoms with Crippen LogP contribution < -0.4 is 10.1 Å². The summed E-state index contributed by atoms with van der Waals surface area (Å²) in [6, 6.07) is 17.7. The summed E-state index contributed by atoms with van der Waals surface area (Å²) in [6.45, 7) is 3.53. The Labute approximate surface area is 172 Å². The molecule has 0 bridgehead atoms. The van der Waals surface area contributed by atoms with Crippen molar-refractivity contribution < 1.29 is 9.53 Å². The highest BCUT2D eigenvalue weighted by Crippen LogP contribution is 2.30. The maximum Gasteiger partial charge on any atom is 0.222 e. The van der Waals surface area contributed by atoms with Crippen molar-refractivity contribution in [3.8, 4) is 33.4 Å². The predicted octanol–water partition coefficient (Wildman–Crippen LogP) is 4.94. The van der Waals surface area contributed by atoms with E-state index in [1.165, 1.54) is 23.8 Å². The molecule has 4 aromatic rings. The third kappa shape index (κ3) is 4.05. The van der Waals surface area contributed by atoms with Crippen LogP contribution in [-0.2, 0) is 4.79 Å². The number of benzene rings is 2. The van der Waals surface area contributed by atoms with Gasteiger partial charge in [0.2, 0.25) is 11.0 Å². The number of carbonyl (C=O) groups is 1. The zero-order valence-electron chi connectivity index (χ0n) is 16.3. The van der Waals surface area contributed by atoms with Crippen molar-refractivity contribution in [1.29, 1.82) is 0 Å². The second-order valence-corrected chi connectivity index (χ2v) is 7.45. The number of aryl methyl sites for hydroxylation is 1. The van der Waals surface area contributed by atoms with Crippen LogP contribution >= 0.6 is 11.3 Å². The maximum atomic E-state index is 11.7. The number of ether oxygens (including phenoxy) is 1. The molecule has 0 saturated heterocycles. The second-order valence-electron chi connectivity index (χ2n) is 6.62. The fourth-order valence-corrected chi connectivity index (χ4v) is 3.71. The topological polar surface area (TPSA) is 69.0 Å². The van der Waals surface area contributed by atoms with E-state index >= 15 is 0 Å². The monoisotopic (exact) mass is 404 g/mol. The first kappa shape index (κ1) is 18.9. The Hall–Kier alpha value is -3.45. The molecule has 2 heterocycles. The van der Waals surface area contributed by atoms with Gasteiger partial charge in [-0.15, -0.1) is 11.3 Å². The van der Waals surface area contributed by atoms with E-state index in [-0.39, 0.29) is 5.91 Å². The molecule has 4 rings (SSSR count). The van der Waals surface area contributed by atoms with E-state index < -0.39 is 0 Å². The van der Waals surface area contributed by atoms with E-state index in [4.69, 9.17) is 9.72 Å². The largest absolute Gasteiger partial charge is 0.497 e. The summed E-state index contributed by atoms with van der Waals surface area (Å²) in [6.07, 6.45) is 0. The Morgan fingerprint density at radius 2 is 1.69 bits per heavy atom. The highest BCUT2D eigenvalue weighted by atomic mass is 32.1. The molecule has 0 aliphatic carbocycles. The van der Waals surface area contributed by atoms with Gasteiger partial charge < -0.3 is 10.1 Å². The van der Waals surface area contributed by atoms with Crippen LogP contribution in [0.5, 0.6) is 5.75 Å². The number of nitrogens with zero attached hydrogens (tertiary/aromatic N) is 3. The molecular formula is C22H20N4O2S. The molecule has 7 heteroatoms. The van der Waals surface area contributed by atoms with Crippen LogP contribution in [0.15, 0.2) is 60.0 Å². The van der Waals surface area contributed by atoms with Gasteiger partial charge in [-0.2, -0.15) is 9.78 Å². The minimum absolute atomic E-state index is 0.164. The van der Waals surface area contributed by atoms with Crippen LogP contribution in [0.2, 0.25) is 0 Å². The number of thiazole rings is 1. The van der Waals surface area contributed by atoms with Gasteiger partial charge in [0.05, 0.1) is 18.5 Å². The summed E-state index contributed by atoms with van der Waals surface area (Å²) >= 11 is 1.48. The minimum atomic E-state index is -0.164. The van der Waals surface area contributed by atoms with Gasteiger partial charge in [0.15, 0.2) is 0 Å². The van der Waals surface area contributed by atoms with Crippen LogP contribution in [0, 0.1) is 6.92 Å². The predicted molar refractivity (Wildman–Crippen MR) is 116 cm³/mol. The van der Waals surface area contributed by atoms with Crippen LogP contribution in [0.1, 0.15) is 12.5 Å². The molecule has 29 heavy (non-hydrogen) atoms. The third-order valence-electron chi connectivity index (χ3n) is 4.42. The number of carbonyl (C=O) groups excluding carboxylic acids is 1. The summed E-state index contributed by atoms with van der Waals surface area (Å²) in [5.74, 6) is 1.19. The first-order chi connectivity index (χ1) is 14.0.